The van der Waals surface area contributed by atoms with Crippen LogP contribution in [0.25, 0.3) is 0 Å². The van der Waals surface area contributed by atoms with Crippen molar-refractivity contribution in [1.29, 1.82) is 0 Å². The number of rotatable bonds is 5. The van der Waals surface area contributed by atoms with Crippen LogP contribution in [0.3, 0.4) is 0 Å². The van der Waals surface area contributed by atoms with Crippen LogP contribution < -0.4 is 5.32 Å². The zero-order chi connectivity index (χ0) is 12.4. The maximum absolute atomic E-state index is 4.42. The molecule has 18 heavy (non-hydrogen) atoms. The smallest absolute Gasteiger partial charge is 0.0637 e. The Bertz CT molecular complexity index is 381. The van der Waals surface area contributed by atoms with Gasteiger partial charge in [-0.3, -0.25) is 4.68 Å². The second-order valence-electron chi connectivity index (χ2n) is 6.15. The van der Waals surface area contributed by atoms with Crippen molar-refractivity contribution in [3.05, 3.63) is 18.0 Å². The maximum Gasteiger partial charge on any atom is 0.0637 e. The number of hydrogen-bond donors (Lipinski definition) is 1. The second kappa shape index (κ2) is 5.43. The van der Waals surface area contributed by atoms with Crippen molar-refractivity contribution in [3.8, 4) is 0 Å². The van der Waals surface area contributed by atoms with E-state index in [-0.39, 0.29) is 0 Å². The van der Waals surface area contributed by atoms with E-state index >= 15 is 0 Å². The van der Waals surface area contributed by atoms with Gasteiger partial charge in [-0.15, -0.1) is 0 Å². The van der Waals surface area contributed by atoms with Gasteiger partial charge in [-0.1, -0.05) is 12.8 Å². The summed E-state index contributed by atoms with van der Waals surface area (Å²) in [6, 6.07) is 2.89. The molecule has 2 aliphatic carbocycles. The predicted molar refractivity (Wildman–Crippen MR) is 73.4 cm³/mol. The van der Waals surface area contributed by atoms with Crippen LogP contribution in [0, 0.1) is 11.8 Å². The fraction of sp³-hybridized carbons (Fsp3) is 0.800. The second-order valence-corrected chi connectivity index (χ2v) is 6.15. The molecule has 3 rings (SSSR count). The highest BCUT2D eigenvalue weighted by Crippen LogP contribution is 2.43. The van der Waals surface area contributed by atoms with Gasteiger partial charge in [0, 0.05) is 32.3 Å². The van der Waals surface area contributed by atoms with Crippen molar-refractivity contribution in [2.24, 2.45) is 18.9 Å². The average molecular weight is 247 g/mol. The highest BCUT2D eigenvalue weighted by atomic mass is 15.2. The highest BCUT2D eigenvalue weighted by molar-refractivity contribution is 4.99. The molecule has 100 valence electrons. The van der Waals surface area contributed by atoms with Crippen molar-refractivity contribution in [2.75, 3.05) is 6.54 Å². The molecule has 1 aromatic rings. The monoisotopic (exact) mass is 247 g/mol. The van der Waals surface area contributed by atoms with Crippen molar-refractivity contribution in [3.63, 3.8) is 0 Å². The topological polar surface area (TPSA) is 29.9 Å². The van der Waals surface area contributed by atoms with Crippen LogP contribution in [-0.4, -0.2) is 22.4 Å². The molecule has 2 aliphatic rings. The van der Waals surface area contributed by atoms with E-state index in [1.807, 2.05) is 17.9 Å². The Labute approximate surface area is 110 Å². The lowest BCUT2D eigenvalue weighted by atomic mass is 9.83. The summed E-state index contributed by atoms with van der Waals surface area (Å²) in [5.41, 5.74) is 1.21. The van der Waals surface area contributed by atoms with Gasteiger partial charge >= 0.3 is 0 Å². The van der Waals surface area contributed by atoms with Crippen molar-refractivity contribution >= 4 is 0 Å². The van der Waals surface area contributed by atoms with Crippen molar-refractivity contribution in [2.45, 2.75) is 51.0 Å². The third-order valence-corrected chi connectivity index (χ3v) is 4.59. The van der Waals surface area contributed by atoms with Gasteiger partial charge in [0.15, 0.2) is 0 Å². The molecule has 2 atom stereocenters. The molecule has 3 nitrogen and oxygen atoms in total. The first kappa shape index (κ1) is 12.2. The van der Waals surface area contributed by atoms with Gasteiger partial charge in [-0.25, -0.2) is 0 Å². The zero-order valence-corrected chi connectivity index (χ0v) is 11.4. The summed E-state index contributed by atoms with van der Waals surface area (Å²) in [5.74, 6) is 2.12. The summed E-state index contributed by atoms with van der Waals surface area (Å²) in [7, 11) is 1.98. The van der Waals surface area contributed by atoms with Crippen molar-refractivity contribution < 1.29 is 0 Å². The van der Waals surface area contributed by atoms with Crippen LogP contribution >= 0.6 is 0 Å². The molecule has 2 unspecified atom stereocenters. The van der Waals surface area contributed by atoms with Gasteiger partial charge in [-0.05, 0) is 43.6 Å². The minimum Gasteiger partial charge on any atom is -0.314 e. The Hall–Kier alpha value is -0.830. The lowest BCUT2D eigenvalue weighted by Crippen LogP contribution is -2.35. The summed E-state index contributed by atoms with van der Waals surface area (Å²) in [6.07, 6.45) is 11.8. The first-order valence-corrected chi connectivity index (χ1v) is 7.53. The molecule has 1 heterocycles. The molecule has 2 saturated carbocycles. The molecule has 2 fully saturated rings. The summed E-state index contributed by atoms with van der Waals surface area (Å²) in [5, 5.41) is 8.17. The largest absolute Gasteiger partial charge is 0.314 e. The van der Waals surface area contributed by atoms with E-state index in [0.29, 0.717) is 0 Å². The SMILES string of the molecule is Cn1ccc(CCNC2CCCC(C3CC3)C2)n1. The van der Waals surface area contributed by atoms with E-state index in [0.717, 1.165) is 30.8 Å². The van der Waals surface area contributed by atoms with Crippen LogP contribution in [-0.2, 0) is 13.5 Å². The lowest BCUT2D eigenvalue weighted by molar-refractivity contribution is 0.262. The Morgan fingerprint density at radius 2 is 2.17 bits per heavy atom. The maximum atomic E-state index is 4.42. The summed E-state index contributed by atoms with van der Waals surface area (Å²) < 4.78 is 1.89. The van der Waals surface area contributed by atoms with Crippen LogP contribution in [0.4, 0.5) is 0 Å². The van der Waals surface area contributed by atoms with Gasteiger partial charge < -0.3 is 5.32 Å². The van der Waals surface area contributed by atoms with Gasteiger partial charge in [-0.2, -0.15) is 5.10 Å². The summed E-state index contributed by atoms with van der Waals surface area (Å²) in [4.78, 5) is 0. The molecular formula is C15H25N3. The van der Waals surface area contributed by atoms with E-state index in [1.165, 1.54) is 44.2 Å². The van der Waals surface area contributed by atoms with E-state index in [1.54, 1.807) is 0 Å². The molecule has 0 spiro atoms. The first-order chi connectivity index (χ1) is 8.81. The lowest BCUT2D eigenvalue weighted by Gasteiger charge is -2.30. The molecule has 1 aromatic heterocycles. The Balaban J connectivity index is 1.39. The van der Waals surface area contributed by atoms with Gasteiger partial charge in [0.2, 0.25) is 0 Å². The molecule has 0 saturated heterocycles. The average Bonchev–Trinajstić information content (AvgIpc) is 3.14. The fourth-order valence-corrected chi connectivity index (χ4v) is 3.41. The Kier molecular flexibility index (Phi) is 3.69. The molecule has 0 aliphatic heterocycles. The number of nitrogens with one attached hydrogen (secondary N) is 1. The third-order valence-electron chi connectivity index (χ3n) is 4.59. The number of hydrogen-bond acceptors (Lipinski definition) is 2. The van der Waals surface area contributed by atoms with Gasteiger partial charge in [0.05, 0.1) is 5.69 Å². The molecular weight excluding hydrogens is 222 g/mol. The molecule has 0 bridgehead atoms. The fourth-order valence-electron chi connectivity index (χ4n) is 3.41. The predicted octanol–water partition coefficient (Wildman–Crippen LogP) is 2.52. The Morgan fingerprint density at radius 3 is 2.89 bits per heavy atom. The molecule has 0 aromatic carbocycles. The van der Waals surface area contributed by atoms with E-state index in [9.17, 15) is 0 Å². The summed E-state index contributed by atoms with van der Waals surface area (Å²) in [6.45, 7) is 1.08. The zero-order valence-electron chi connectivity index (χ0n) is 11.4. The highest BCUT2D eigenvalue weighted by Gasteiger charge is 2.34. The number of nitrogens with zero attached hydrogens (tertiary/aromatic N) is 2. The molecule has 0 amide bonds. The van der Waals surface area contributed by atoms with Crippen molar-refractivity contribution in [1.82, 2.24) is 15.1 Å². The van der Waals surface area contributed by atoms with E-state index < -0.39 is 0 Å². The third kappa shape index (κ3) is 3.14. The van der Waals surface area contributed by atoms with Crippen LogP contribution in [0.2, 0.25) is 0 Å². The summed E-state index contributed by atoms with van der Waals surface area (Å²) >= 11 is 0. The van der Waals surface area contributed by atoms with Crippen LogP contribution in [0.15, 0.2) is 12.3 Å². The van der Waals surface area contributed by atoms with E-state index in [2.05, 4.69) is 16.5 Å². The van der Waals surface area contributed by atoms with Crippen LogP contribution in [0.1, 0.15) is 44.2 Å². The first-order valence-electron chi connectivity index (χ1n) is 7.53. The quantitative estimate of drug-likeness (QED) is 0.866. The van der Waals surface area contributed by atoms with E-state index in [4.69, 9.17) is 0 Å². The van der Waals surface area contributed by atoms with Gasteiger partial charge in [0.1, 0.15) is 0 Å². The Morgan fingerprint density at radius 1 is 1.28 bits per heavy atom. The van der Waals surface area contributed by atoms with Gasteiger partial charge in [0.25, 0.3) is 0 Å². The molecule has 3 heteroatoms. The molecule has 0 radical (unpaired) electrons. The minimum absolute atomic E-state index is 0.771. The minimum atomic E-state index is 0.771. The standard InChI is InChI=1S/C15H25N3/c1-18-10-8-14(17-18)7-9-16-15-4-2-3-13(11-15)12-5-6-12/h8,10,12-13,15-16H,2-7,9,11H2,1H3. The number of aromatic nitrogens is 2. The molecule has 1 N–H and O–H groups in total. The number of aryl methyl sites for hydroxylation is 1. The van der Waals surface area contributed by atoms with Crippen LogP contribution in [0.5, 0.6) is 0 Å². The normalized spacial score (nSPS) is 28.5.